The second kappa shape index (κ2) is 2.79. The summed E-state index contributed by atoms with van der Waals surface area (Å²) in [5, 5.41) is 1.92. The largest absolute Gasteiger partial charge is 0.335 e. The van der Waals surface area contributed by atoms with E-state index < -0.39 is 0 Å². The Labute approximate surface area is 84.1 Å². The average Bonchev–Trinajstić information content (AvgIpc) is 2.32. The first-order chi connectivity index (χ1) is 5.70. The van der Waals surface area contributed by atoms with Crippen molar-refractivity contribution in [2.75, 3.05) is 0 Å². The van der Waals surface area contributed by atoms with Crippen molar-refractivity contribution in [2.24, 2.45) is 7.05 Å². The van der Waals surface area contributed by atoms with Gasteiger partial charge >= 0.3 is 0 Å². The Kier molecular flexibility index (Phi) is 1.89. The molecule has 0 saturated heterocycles. The molecule has 0 spiro atoms. The van der Waals surface area contributed by atoms with Crippen molar-refractivity contribution in [1.29, 1.82) is 0 Å². The lowest BCUT2D eigenvalue weighted by molar-refractivity contribution is 0.970. The van der Waals surface area contributed by atoms with Crippen LogP contribution in [0.5, 0.6) is 0 Å². The summed E-state index contributed by atoms with van der Waals surface area (Å²) in [6, 6.07) is 8.02. The van der Waals surface area contributed by atoms with Gasteiger partial charge in [0.25, 0.3) is 0 Å². The second-order valence-electron chi connectivity index (χ2n) is 2.70. The van der Waals surface area contributed by atoms with Crippen LogP contribution in [0.25, 0.3) is 10.9 Å². The average molecular weight is 245 g/mol. The lowest BCUT2D eigenvalue weighted by atomic mass is 10.2. The highest BCUT2D eigenvalue weighted by molar-refractivity contribution is 9.10. The molecule has 0 fully saturated rings. The molecular formula is C9H7BrClN. The SMILES string of the molecule is Cn1c(Cl)cc2c(Br)cccc21. The zero-order valence-corrected chi connectivity index (χ0v) is 8.85. The molecule has 62 valence electrons. The van der Waals surface area contributed by atoms with Gasteiger partial charge in [0.15, 0.2) is 0 Å². The Balaban J connectivity index is 2.95. The number of hydrogen-bond acceptors (Lipinski definition) is 0. The third-order valence-electron chi connectivity index (χ3n) is 1.98. The molecule has 0 unspecified atom stereocenters. The minimum absolute atomic E-state index is 0.761. The molecule has 0 aliphatic carbocycles. The highest BCUT2D eigenvalue weighted by Gasteiger charge is 2.04. The van der Waals surface area contributed by atoms with E-state index in [-0.39, 0.29) is 0 Å². The normalized spacial score (nSPS) is 10.9. The molecule has 2 aromatic rings. The van der Waals surface area contributed by atoms with E-state index in [0.717, 1.165) is 20.5 Å². The third kappa shape index (κ3) is 1.06. The molecular weight excluding hydrogens is 237 g/mol. The van der Waals surface area contributed by atoms with E-state index in [9.17, 15) is 0 Å². The van der Waals surface area contributed by atoms with Crippen LogP contribution in [-0.4, -0.2) is 4.57 Å². The molecule has 0 radical (unpaired) electrons. The summed E-state index contributed by atoms with van der Waals surface area (Å²) < 4.78 is 3.05. The van der Waals surface area contributed by atoms with Gasteiger partial charge in [-0.15, -0.1) is 0 Å². The van der Waals surface area contributed by atoms with Gasteiger partial charge in [-0.05, 0) is 18.2 Å². The van der Waals surface area contributed by atoms with E-state index in [2.05, 4.69) is 15.9 Å². The fourth-order valence-electron chi connectivity index (χ4n) is 1.29. The van der Waals surface area contributed by atoms with Crippen LogP contribution in [0.2, 0.25) is 5.15 Å². The van der Waals surface area contributed by atoms with Crippen molar-refractivity contribution in [2.45, 2.75) is 0 Å². The summed E-state index contributed by atoms with van der Waals surface area (Å²) in [6.07, 6.45) is 0. The van der Waals surface area contributed by atoms with Crippen molar-refractivity contribution < 1.29 is 0 Å². The summed E-state index contributed by atoms with van der Waals surface area (Å²) in [7, 11) is 1.96. The van der Waals surface area contributed by atoms with Gasteiger partial charge in [-0.3, -0.25) is 0 Å². The quantitative estimate of drug-likeness (QED) is 0.667. The van der Waals surface area contributed by atoms with Crippen LogP contribution in [0.1, 0.15) is 0 Å². The molecule has 3 heteroatoms. The first-order valence-electron chi connectivity index (χ1n) is 3.59. The van der Waals surface area contributed by atoms with E-state index in [1.807, 2.05) is 35.9 Å². The fourth-order valence-corrected chi connectivity index (χ4v) is 1.96. The topological polar surface area (TPSA) is 4.93 Å². The molecule has 1 heterocycles. The summed E-state index contributed by atoms with van der Waals surface area (Å²) >= 11 is 9.44. The lowest BCUT2D eigenvalue weighted by Crippen LogP contribution is -1.85. The van der Waals surface area contributed by atoms with Crippen LogP contribution in [0.15, 0.2) is 28.7 Å². The molecule has 1 aromatic carbocycles. The monoisotopic (exact) mass is 243 g/mol. The predicted octanol–water partition coefficient (Wildman–Crippen LogP) is 3.59. The van der Waals surface area contributed by atoms with Crippen LogP contribution >= 0.6 is 27.5 Å². The van der Waals surface area contributed by atoms with Gasteiger partial charge in [-0.1, -0.05) is 33.6 Å². The molecule has 1 nitrogen and oxygen atoms in total. The van der Waals surface area contributed by atoms with Crippen molar-refractivity contribution in [1.82, 2.24) is 4.57 Å². The van der Waals surface area contributed by atoms with Gasteiger partial charge in [0.2, 0.25) is 0 Å². The standard InChI is InChI=1S/C9H7BrClN/c1-12-8-4-2-3-7(10)6(8)5-9(12)11/h2-5H,1H3. The molecule has 12 heavy (non-hydrogen) atoms. The number of aromatic nitrogens is 1. The molecule has 0 bridgehead atoms. The minimum Gasteiger partial charge on any atom is -0.335 e. The van der Waals surface area contributed by atoms with E-state index in [1.165, 1.54) is 0 Å². The van der Waals surface area contributed by atoms with Crippen molar-refractivity contribution >= 4 is 38.4 Å². The number of nitrogens with zero attached hydrogens (tertiary/aromatic N) is 1. The number of rotatable bonds is 0. The van der Waals surface area contributed by atoms with Crippen LogP contribution in [0.3, 0.4) is 0 Å². The first kappa shape index (κ1) is 8.14. The summed E-state index contributed by atoms with van der Waals surface area (Å²) in [6.45, 7) is 0. The predicted molar refractivity (Wildman–Crippen MR) is 55.6 cm³/mol. The number of hydrogen-bond donors (Lipinski definition) is 0. The Morgan fingerprint density at radius 3 is 2.83 bits per heavy atom. The first-order valence-corrected chi connectivity index (χ1v) is 4.76. The van der Waals surface area contributed by atoms with Crippen molar-refractivity contribution in [3.05, 3.63) is 33.9 Å². The number of fused-ring (bicyclic) bond motifs is 1. The van der Waals surface area contributed by atoms with Crippen LogP contribution < -0.4 is 0 Å². The second-order valence-corrected chi connectivity index (χ2v) is 3.94. The third-order valence-corrected chi connectivity index (χ3v) is 3.03. The summed E-state index contributed by atoms with van der Waals surface area (Å²) in [5.74, 6) is 0. The van der Waals surface area contributed by atoms with E-state index in [1.54, 1.807) is 0 Å². The zero-order chi connectivity index (χ0) is 8.72. The van der Waals surface area contributed by atoms with Gasteiger partial charge in [0, 0.05) is 16.9 Å². The minimum atomic E-state index is 0.761. The molecule has 0 aliphatic heterocycles. The molecule has 0 aliphatic rings. The highest BCUT2D eigenvalue weighted by atomic mass is 79.9. The molecule has 0 saturated carbocycles. The van der Waals surface area contributed by atoms with Crippen LogP contribution in [0, 0.1) is 0 Å². The molecule has 0 N–H and O–H groups in total. The van der Waals surface area contributed by atoms with Gasteiger partial charge in [0.1, 0.15) is 5.15 Å². The molecule has 0 atom stereocenters. The van der Waals surface area contributed by atoms with E-state index in [0.29, 0.717) is 0 Å². The highest BCUT2D eigenvalue weighted by Crippen LogP contribution is 2.28. The van der Waals surface area contributed by atoms with Crippen LogP contribution in [-0.2, 0) is 7.05 Å². The van der Waals surface area contributed by atoms with E-state index >= 15 is 0 Å². The zero-order valence-electron chi connectivity index (χ0n) is 6.51. The van der Waals surface area contributed by atoms with Gasteiger partial charge in [-0.2, -0.15) is 0 Å². The maximum atomic E-state index is 5.97. The smallest absolute Gasteiger partial charge is 0.109 e. The Hall–Kier alpha value is -0.470. The Morgan fingerprint density at radius 1 is 1.42 bits per heavy atom. The van der Waals surface area contributed by atoms with Gasteiger partial charge in [0.05, 0.1) is 5.52 Å². The molecule has 1 aromatic heterocycles. The van der Waals surface area contributed by atoms with Gasteiger partial charge < -0.3 is 4.57 Å². The molecule has 0 amide bonds. The number of halogens is 2. The Morgan fingerprint density at radius 2 is 2.17 bits per heavy atom. The number of benzene rings is 1. The summed E-state index contributed by atoms with van der Waals surface area (Å²) in [4.78, 5) is 0. The fraction of sp³-hybridized carbons (Fsp3) is 0.111. The number of aryl methyl sites for hydroxylation is 1. The maximum Gasteiger partial charge on any atom is 0.109 e. The van der Waals surface area contributed by atoms with Gasteiger partial charge in [-0.25, -0.2) is 0 Å². The van der Waals surface area contributed by atoms with E-state index in [4.69, 9.17) is 11.6 Å². The molecule has 2 rings (SSSR count). The van der Waals surface area contributed by atoms with Crippen LogP contribution in [0.4, 0.5) is 0 Å². The Bertz CT molecular complexity index is 433. The lowest BCUT2D eigenvalue weighted by Gasteiger charge is -1.97. The maximum absolute atomic E-state index is 5.97. The van der Waals surface area contributed by atoms with Crippen molar-refractivity contribution in [3.8, 4) is 0 Å². The van der Waals surface area contributed by atoms with Crippen molar-refractivity contribution in [3.63, 3.8) is 0 Å². The summed E-state index contributed by atoms with van der Waals surface area (Å²) in [5.41, 5.74) is 1.15.